The molecule has 0 heterocycles. The highest BCUT2D eigenvalue weighted by Crippen LogP contribution is 2.18. The van der Waals surface area contributed by atoms with Crippen LogP contribution in [0.2, 0.25) is 0 Å². The molecule has 0 saturated heterocycles. The van der Waals surface area contributed by atoms with E-state index in [0.29, 0.717) is 13.1 Å². The molecule has 0 aliphatic rings. The minimum absolute atomic E-state index is 0.451. The standard InChI is InChI=1S/C11H18N2OS/c1-15-10-4-2-9(3-5-10)11(14)8-13-7-6-12/h2-5,11,13-14H,6-8,12H2,1H3. The van der Waals surface area contributed by atoms with Gasteiger partial charge in [0.15, 0.2) is 0 Å². The van der Waals surface area contributed by atoms with E-state index in [0.717, 1.165) is 12.1 Å². The Balaban J connectivity index is 2.46. The molecule has 1 unspecified atom stereocenters. The fourth-order valence-electron chi connectivity index (χ4n) is 1.28. The Labute approximate surface area is 95.1 Å². The molecule has 0 radical (unpaired) electrons. The Kier molecular flexibility index (Phi) is 5.71. The van der Waals surface area contributed by atoms with Crippen LogP contribution in [-0.2, 0) is 0 Å². The smallest absolute Gasteiger partial charge is 0.0914 e. The van der Waals surface area contributed by atoms with E-state index in [-0.39, 0.29) is 0 Å². The van der Waals surface area contributed by atoms with Crippen molar-refractivity contribution in [2.75, 3.05) is 25.9 Å². The Bertz CT molecular complexity index is 276. The van der Waals surface area contributed by atoms with Gasteiger partial charge in [-0.05, 0) is 24.0 Å². The Morgan fingerprint density at radius 1 is 1.40 bits per heavy atom. The van der Waals surface area contributed by atoms with E-state index in [1.165, 1.54) is 4.90 Å². The number of benzene rings is 1. The summed E-state index contributed by atoms with van der Waals surface area (Å²) >= 11 is 1.70. The van der Waals surface area contributed by atoms with Crippen molar-refractivity contribution in [1.82, 2.24) is 5.32 Å². The van der Waals surface area contributed by atoms with Crippen molar-refractivity contribution in [3.63, 3.8) is 0 Å². The Hall–Kier alpha value is -0.550. The third kappa shape index (κ3) is 4.22. The maximum absolute atomic E-state index is 9.80. The predicted molar refractivity (Wildman–Crippen MR) is 65.1 cm³/mol. The van der Waals surface area contributed by atoms with Crippen molar-refractivity contribution < 1.29 is 5.11 Å². The summed E-state index contributed by atoms with van der Waals surface area (Å²) in [5.41, 5.74) is 6.29. The number of thioether (sulfide) groups is 1. The molecule has 0 saturated carbocycles. The molecular formula is C11H18N2OS. The maximum atomic E-state index is 9.80. The van der Waals surface area contributed by atoms with Crippen molar-refractivity contribution in [1.29, 1.82) is 0 Å². The quantitative estimate of drug-likeness (QED) is 0.500. The van der Waals surface area contributed by atoms with Crippen molar-refractivity contribution in [2.45, 2.75) is 11.0 Å². The van der Waals surface area contributed by atoms with Gasteiger partial charge in [0.1, 0.15) is 0 Å². The molecule has 0 aromatic heterocycles. The van der Waals surface area contributed by atoms with Crippen molar-refractivity contribution >= 4 is 11.8 Å². The van der Waals surface area contributed by atoms with Gasteiger partial charge in [-0.15, -0.1) is 11.8 Å². The molecule has 15 heavy (non-hydrogen) atoms. The molecule has 0 spiro atoms. The zero-order valence-electron chi connectivity index (χ0n) is 8.94. The van der Waals surface area contributed by atoms with E-state index in [1.807, 2.05) is 30.5 Å². The van der Waals surface area contributed by atoms with E-state index in [4.69, 9.17) is 5.73 Å². The summed E-state index contributed by atoms with van der Waals surface area (Å²) in [5, 5.41) is 12.9. The molecule has 84 valence electrons. The second-order valence-corrected chi connectivity index (χ2v) is 4.16. The molecule has 0 fully saturated rings. The predicted octanol–water partition coefficient (Wildman–Crippen LogP) is 0.990. The molecule has 0 bridgehead atoms. The first-order valence-electron chi connectivity index (χ1n) is 5.00. The molecule has 4 N–H and O–H groups in total. The zero-order chi connectivity index (χ0) is 11.1. The second-order valence-electron chi connectivity index (χ2n) is 3.28. The minimum atomic E-state index is -0.451. The van der Waals surface area contributed by atoms with Crippen LogP contribution < -0.4 is 11.1 Å². The molecule has 1 aromatic carbocycles. The van der Waals surface area contributed by atoms with Gasteiger partial charge in [0, 0.05) is 24.5 Å². The summed E-state index contributed by atoms with van der Waals surface area (Å²) in [4.78, 5) is 1.21. The molecule has 0 aliphatic heterocycles. The van der Waals surface area contributed by atoms with Crippen molar-refractivity contribution in [3.8, 4) is 0 Å². The van der Waals surface area contributed by atoms with E-state index in [9.17, 15) is 5.11 Å². The van der Waals surface area contributed by atoms with Gasteiger partial charge in [-0.1, -0.05) is 12.1 Å². The largest absolute Gasteiger partial charge is 0.387 e. The summed E-state index contributed by atoms with van der Waals surface area (Å²) in [5.74, 6) is 0. The van der Waals surface area contributed by atoms with E-state index < -0.39 is 6.10 Å². The summed E-state index contributed by atoms with van der Waals surface area (Å²) < 4.78 is 0. The molecule has 1 atom stereocenters. The normalized spacial score (nSPS) is 12.7. The van der Waals surface area contributed by atoms with Gasteiger partial charge >= 0.3 is 0 Å². The van der Waals surface area contributed by atoms with Crippen LogP contribution in [0.1, 0.15) is 11.7 Å². The third-order valence-corrected chi connectivity index (χ3v) is 2.90. The van der Waals surface area contributed by atoms with Crippen LogP contribution in [0.25, 0.3) is 0 Å². The van der Waals surface area contributed by atoms with Gasteiger partial charge < -0.3 is 16.2 Å². The number of hydrogen-bond acceptors (Lipinski definition) is 4. The van der Waals surface area contributed by atoms with Gasteiger partial charge in [-0.25, -0.2) is 0 Å². The first kappa shape index (κ1) is 12.5. The number of nitrogens with two attached hydrogens (primary N) is 1. The maximum Gasteiger partial charge on any atom is 0.0914 e. The van der Waals surface area contributed by atoms with E-state index >= 15 is 0 Å². The average molecular weight is 226 g/mol. The summed E-state index contributed by atoms with van der Waals surface area (Å²) in [6.07, 6.45) is 1.58. The van der Waals surface area contributed by atoms with Crippen molar-refractivity contribution in [2.24, 2.45) is 5.73 Å². The lowest BCUT2D eigenvalue weighted by molar-refractivity contribution is 0.175. The summed E-state index contributed by atoms with van der Waals surface area (Å²) in [6.45, 7) is 1.88. The summed E-state index contributed by atoms with van der Waals surface area (Å²) in [7, 11) is 0. The zero-order valence-corrected chi connectivity index (χ0v) is 9.76. The van der Waals surface area contributed by atoms with Crippen molar-refractivity contribution in [3.05, 3.63) is 29.8 Å². The number of hydrogen-bond donors (Lipinski definition) is 3. The lowest BCUT2D eigenvalue weighted by atomic mass is 10.1. The molecule has 1 rings (SSSR count). The van der Waals surface area contributed by atoms with Crippen LogP contribution in [0.4, 0.5) is 0 Å². The van der Waals surface area contributed by atoms with E-state index in [1.54, 1.807) is 11.8 Å². The highest BCUT2D eigenvalue weighted by atomic mass is 32.2. The first-order chi connectivity index (χ1) is 7.27. The number of aliphatic hydroxyl groups is 1. The van der Waals surface area contributed by atoms with Crippen LogP contribution >= 0.6 is 11.8 Å². The first-order valence-corrected chi connectivity index (χ1v) is 6.23. The average Bonchev–Trinajstić information content (AvgIpc) is 2.29. The van der Waals surface area contributed by atoms with E-state index in [2.05, 4.69) is 5.32 Å². The highest BCUT2D eigenvalue weighted by Gasteiger charge is 2.05. The fourth-order valence-corrected chi connectivity index (χ4v) is 1.69. The van der Waals surface area contributed by atoms with Crippen LogP contribution in [0.15, 0.2) is 29.2 Å². The van der Waals surface area contributed by atoms with Crippen LogP contribution in [0.5, 0.6) is 0 Å². The van der Waals surface area contributed by atoms with Crippen LogP contribution in [0, 0.1) is 0 Å². The minimum Gasteiger partial charge on any atom is -0.387 e. The molecule has 0 aliphatic carbocycles. The summed E-state index contributed by atoms with van der Waals surface area (Å²) in [6, 6.07) is 7.96. The van der Waals surface area contributed by atoms with Gasteiger partial charge in [0.25, 0.3) is 0 Å². The van der Waals surface area contributed by atoms with Gasteiger partial charge in [-0.2, -0.15) is 0 Å². The van der Waals surface area contributed by atoms with Gasteiger partial charge in [-0.3, -0.25) is 0 Å². The molecule has 0 amide bonds. The Morgan fingerprint density at radius 2 is 2.07 bits per heavy atom. The molecular weight excluding hydrogens is 208 g/mol. The molecule has 1 aromatic rings. The van der Waals surface area contributed by atoms with Crippen LogP contribution in [-0.4, -0.2) is 31.0 Å². The van der Waals surface area contributed by atoms with Gasteiger partial charge in [0.05, 0.1) is 6.10 Å². The van der Waals surface area contributed by atoms with Crippen LogP contribution in [0.3, 0.4) is 0 Å². The monoisotopic (exact) mass is 226 g/mol. The SMILES string of the molecule is CSc1ccc(C(O)CNCCN)cc1. The highest BCUT2D eigenvalue weighted by molar-refractivity contribution is 7.98. The number of rotatable bonds is 6. The topological polar surface area (TPSA) is 58.3 Å². The number of nitrogens with one attached hydrogen (secondary N) is 1. The third-order valence-electron chi connectivity index (χ3n) is 2.16. The van der Waals surface area contributed by atoms with Gasteiger partial charge in [0.2, 0.25) is 0 Å². The second kappa shape index (κ2) is 6.85. The Morgan fingerprint density at radius 3 is 2.60 bits per heavy atom. The lowest BCUT2D eigenvalue weighted by Gasteiger charge is -2.12. The number of aliphatic hydroxyl groups excluding tert-OH is 1. The lowest BCUT2D eigenvalue weighted by Crippen LogP contribution is -2.27. The molecule has 4 heteroatoms. The fraction of sp³-hybridized carbons (Fsp3) is 0.455. The molecule has 3 nitrogen and oxygen atoms in total.